The summed E-state index contributed by atoms with van der Waals surface area (Å²) in [5.41, 5.74) is 8.74. The molecule has 6 aromatic carbocycles. The Labute approximate surface area is 597 Å². The number of halogens is 3. The average molecular weight is 1420 g/mol. The van der Waals surface area contributed by atoms with E-state index >= 15 is 0 Å². The molecule has 3 aliphatic carbocycles. The van der Waals surface area contributed by atoms with Crippen LogP contribution in [0.1, 0.15) is 97.7 Å². The van der Waals surface area contributed by atoms with Gasteiger partial charge in [-0.1, -0.05) is 61.0 Å². The molecule has 24 nitrogen and oxygen atoms in total. The number of ether oxygens (including phenoxy) is 4. The van der Waals surface area contributed by atoms with Gasteiger partial charge in [0, 0.05) is 92.8 Å². The zero-order valence-corrected chi connectivity index (χ0v) is 56.8. The third-order valence-corrected chi connectivity index (χ3v) is 19.4. The number of alkyl halides is 3. The number of amides is 5. The minimum Gasteiger partial charge on any atom is -0.489 e. The largest absolute Gasteiger partial charge is 0.489 e. The van der Waals surface area contributed by atoms with Crippen LogP contribution >= 0.6 is 0 Å². The molecule has 3 saturated carbocycles. The molecule has 0 bridgehead atoms. The number of aromatic amines is 1. The van der Waals surface area contributed by atoms with E-state index in [2.05, 4.69) is 48.4 Å². The van der Waals surface area contributed by atoms with Crippen LogP contribution in [-0.4, -0.2) is 158 Å². The summed E-state index contributed by atoms with van der Waals surface area (Å²) < 4.78 is 68.5. The van der Waals surface area contributed by atoms with Gasteiger partial charge in [0.2, 0.25) is 29.5 Å². The maximum absolute atomic E-state index is 14.7. The van der Waals surface area contributed by atoms with Crippen molar-refractivity contribution in [3.05, 3.63) is 174 Å². The van der Waals surface area contributed by atoms with Gasteiger partial charge in [-0.3, -0.25) is 33.8 Å². The summed E-state index contributed by atoms with van der Waals surface area (Å²) in [5, 5.41) is 66.6. The molecule has 8 aromatic rings. The first-order valence-corrected chi connectivity index (χ1v) is 34.4. The third-order valence-electron chi connectivity index (χ3n) is 19.4. The lowest BCUT2D eigenvalue weighted by atomic mass is 9.85. The molecule has 14 rings (SSSR count). The van der Waals surface area contributed by atoms with E-state index in [-0.39, 0.29) is 109 Å². The number of aliphatic hydroxyl groups is 2. The average Bonchev–Trinajstić information content (AvgIpc) is 1.59. The molecule has 7 atom stereocenters. The van der Waals surface area contributed by atoms with Crippen molar-refractivity contribution in [2.24, 2.45) is 24.8 Å². The number of carbonyl (C=O) groups excluding carboxylic acids is 5. The van der Waals surface area contributed by atoms with Crippen molar-refractivity contribution in [1.29, 1.82) is 15.8 Å². The fourth-order valence-corrected chi connectivity index (χ4v) is 13.1. The highest BCUT2D eigenvalue weighted by molar-refractivity contribution is 5.97. The number of hydrogen-bond acceptors (Lipinski definition) is 17. The highest BCUT2D eigenvalue weighted by Gasteiger charge is 2.49. The molecule has 104 heavy (non-hydrogen) atoms. The van der Waals surface area contributed by atoms with Gasteiger partial charge in [0.05, 0.1) is 49.2 Å². The number of anilines is 3. The molecule has 6 N–H and O–H groups in total. The van der Waals surface area contributed by atoms with Crippen LogP contribution in [0, 0.1) is 51.7 Å². The highest BCUT2D eigenvalue weighted by Crippen LogP contribution is 2.49. The SMILES string of the molecule is Cn1cc([C@@H]2C[C@H]2C(=O)Nc2cccc(-c3ccc(O[C@H]4CCN(C(=O)CO)CC4(F)F)c(C#N)c3)c2)cn1.N#Cc1cc(-c2cccc(NC(=O)C3CC3c3ncn[nH]3)c2)ccc1O[C@H]1CCN(C(=O)CO)C[C@H]1F.N#Cc1cc(-c2cccc(NC(=O)C3CCC3)c2)ccc1OC1CCOCC1. The van der Waals surface area contributed by atoms with Crippen molar-refractivity contribution in [2.45, 2.75) is 100 Å². The predicted molar refractivity (Wildman–Crippen MR) is 374 cm³/mol. The fourth-order valence-electron chi connectivity index (χ4n) is 13.1. The Kier molecular flexibility index (Phi) is 22.7. The maximum atomic E-state index is 14.7. The zero-order valence-electron chi connectivity index (χ0n) is 56.8. The number of piperidine rings is 2. The standard InChI is InChI=1S/C28H27F2N5O4.C26H25FN6O4.C23H24N2O3/c1-34-14-20(13-32-34)22-11-23(22)27(38)33-21-4-2-3-17(10-21)18-5-6-24(19(9-18)12-31)39-25-7-8-35(26(37)15-36)16-28(25,29)30;27-21-12-33(24(35)13-34)7-6-23(21)37-22-5-4-16(8-17(22)11-28)15-2-1-3-18(9-15)31-26(36)20-10-19(20)25-29-14-30-32-25;24-15-19-13-18(7-8-22(19)28-21-9-11-27-12-10-21)17-5-2-6-20(14-17)25-23(26)16-3-1-4-16/h2-6,9-10,13-14,22-23,25,36H,7-8,11,15-16H2,1H3,(H,33,38);1-5,8-9,14,19-21,23,34H,6-7,10,12-13H2,(H,31,36)(H,29,30,32);2,5-8,13-14,16,21H,1,3-4,9-12H2,(H,25,26)/t22-,23+,25-;19?,20?,21-,23+;/m01./s1. The molecule has 0 spiro atoms. The van der Waals surface area contributed by atoms with Crippen LogP contribution in [0.3, 0.4) is 0 Å². The number of rotatable bonds is 19. The topological polar surface area (TPSA) is 336 Å². The van der Waals surface area contributed by atoms with Crippen LogP contribution in [0.4, 0.5) is 30.2 Å². The molecular formula is C77H76F3N13O11. The van der Waals surface area contributed by atoms with E-state index in [9.17, 15) is 52.9 Å². The smallest absolute Gasteiger partial charge is 0.301 e. The molecule has 5 heterocycles. The van der Waals surface area contributed by atoms with E-state index in [1.54, 1.807) is 65.5 Å². The molecule has 3 saturated heterocycles. The monoisotopic (exact) mass is 1420 g/mol. The molecule has 2 aromatic heterocycles. The molecule has 2 unspecified atom stereocenters. The Hall–Kier alpha value is -11.4. The van der Waals surface area contributed by atoms with Crippen molar-refractivity contribution in [1.82, 2.24) is 34.8 Å². The quantitative estimate of drug-likeness (QED) is 0.0438. The summed E-state index contributed by atoms with van der Waals surface area (Å²) in [4.78, 5) is 67.2. The van der Waals surface area contributed by atoms with Gasteiger partial charge in [-0.25, -0.2) is 18.2 Å². The van der Waals surface area contributed by atoms with Crippen LogP contribution in [0.2, 0.25) is 0 Å². The number of H-pyrrole nitrogens is 1. The minimum absolute atomic E-state index is 0.0158. The van der Waals surface area contributed by atoms with E-state index in [1.807, 2.05) is 86.0 Å². The number of nitriles is 3. The highest BCUT2D eigenvalue weighted by atomic mass is 19.3. The molecule has 6 fully saturated rings. The van der Waals surface area contributed by atoms with E-state index < -0.39 is 55.9 Å². The number of hydrogen-bond donors (Lipinski definition) is 6. The summed E-state index contributed by atoms with van der Waals surface area (Å²) >= 11 is 0. The van der Waals surface area contributed by atoms with Crippen molar-refractivity contribution in [3.63, 3.8) is 0 Å². The van der Waals surface area contributed by atoms with Gasteiger partial charge >= 0.3 is 5.92 Å². The lowest BCUT2D eigenvalue weighted by molar-refractivity contribution is -0.161. The first-order chi connectivity index (χ1) is 50.4. The zero-order chi connectivity index (χ0) is 73.0. The summed E-state index contributed by atoms with van der Waals surface area (Å²) in [6.07, 6.45) is 7.82. The molecular weight excluding hydrogens is 1340 g/mol. The predicted octanol–water partition coefficient (Wildman–Crippen LogP) is 10.2. The van der Waals surface area contributed by atoms with E-state index in [4.69, 9.17) is 29.2 Å². The second-order valence-electron chi connectivity index (χ2n) is 26.5. The Morgan fingerprint density at radius 2 is 1.12 bits per heavy atom. The molecule has 0 radical (unpaired) electrons. The number of benzene rings is 6. The molecule has 3 aliphatic heterocycles. The lowest BCUT2D eigenvalue weighted by Crippen LogP contribution is -2.55. The van der Waals surface area contributed by atoms with E-state index in [0.717, 1.165) is 82.5 Å². The van der Waals surface area contributed by atoms with Crippen molar-refractivity contribution in [2.75, 3.05) is 68.6 Å². The van der Waals surface area contributed by atoms with Gasteiger partial charge in [-0.15, -0.1) is 0 Å². The molecule has 6 aliphatic rings. The summed E-state index contributed by atoms with van der Waals surface area (Å²) in [6, 6.07) is 44.0. The summed E-state index contributed by atoms with van der Waals surface area (Å²) in [5.74, 6) is -3.02. The van der Waals surface area contributed by atoms with Gasteiger partial charge in [0.15, 0.2) is 12.3 Å². The molecule has 27 heteroatoms. The number of carbonyl (C=O) groups is 5. The number of aryl methyl sites for hydroxylation is 1. The molecule has 536 valence electrons. The Bertz CT molecular complexity index is 4580. The van der Waals surface area contributed by atoms with Gasteiger partial charge in [0.1, 0.15) is 73.0 Å². The van der Waals surface area contributed by atoms with Crippen molar-refractivity contribution >= 4 is 46.6 Å². The van der Waals surface area contributed by atoms with Crippen molar-refractivity contribution < 1.29 is 66.3 Å². The van der Waals surface area contributed by atoms with Gasteiger partial charge in [0.25, 0.3) is 0 Å². The Morgan fingerprint density at radius 1 is 0.625 bits per heavy atom. The second kappa shape index (κ2) is 32.7. The number of likely N-dealkylation sites (tertiary alicyclic amines) is 2. The first kappa shape index (κ1) is 72.4. The van der Waals surface area contributed by atoms with E-state index in [0.29, 0.717) is 53.7 Å². The summed E-state index contributed by atoms with van der Waals surface area (Å²) in [6.45, 7) is -0.840. The normalized spacial score (nSPS) is 20.9. The Balaban J connectivity index is 0.000000149. The number of aliphatic hydroxyl groups excluding tert-OH is 2. The third kappa shape index (κ3) is 17.7. The van der Waals surface area contributed by atoms with Gasteiger partial charge in [-0.05, 0) is 143 Å². The molecule has 5 amide bonds. The maximum Gasteiger partial charge on any atom is 0.301 e. The van der Waals surface area contributed by atoms with E-state index in [1.165, 1.54) is 17.3 Å². The van der Waals surface area contributed by atoms with Crippen LogP contribution in [0.5, 0.6) is 17.2 Å². The first-order valence-electron chi connectivity index (χ1n) is 34.4. The Morgan fingerprint density at radius 3 is 1.61 bits per heavy atom. The minimum atomic E-state index is -3.35. The van der Waals surface area contributed by atoms with Crippen LogP contribution in [0.25, 0.3) is 33.4 Å². The van der Waals surface area contributed by atoms with Crippen LogP contribution < -0.4 is 30.2 Å². The second-order valence-corrected chi connectivity index (χ2v) is 26.5. The van der Waals surface area contributed by atoms with Crippen molar-refractivity contribution in [3.8, 4) is 68.8 Å². The number of aromatic nitrogens is 5. The number of nitrogens with one attached hydrogen (secondary N) is 4. The van der Waals surface area contributed by atoms with Crippen LogP contribution in [0.15, 0.2) is 146 Å². The summed E-state index contributed by atoms with van der Waals surface area (Å²) in [7, 11) is 1.84. The van der Waals surface area contributed by atoms with Crippen LogP contribution in [-0.2, 0) is 35.8 Å². The van der Waals surface area contributed by atoms with Gasteiger partial charge in [-0.2, -0.15) is 26.0 Å². The fraction of sp³-hybridized carbons (Fsp3) is 0.364. The lowest BCUT2D eigenvalue weighted by Gasteiger charge is -2.38. The number of nitrogens with zero attached hydrogens (tertiary/aromatic N) is 9. The van der Waals surface area contributed by atoms with Gasteiger partial charge < -0.3 is 54.9 Å².